The van der Waals surface area contributed by atoms with E-state index in [0.29, 0.717) is 0 Å². The highest BCUT2D eigenvalue weighted by molar-refractivity contribution is 7.42. The molecule has 0 amide bonds. The van der Waals surface area contributed by atoms with Crippen LogP contribution in [0.1, 0.15) is 45.1 Å². The normalized spacial score (nSPS) is 11.0. The maximum Gasteiger partial charge on any atom is 0.132 e. The summed E-state index contributed by atoms with van der Waals surface area (Å²) in [5.74, 6) is 1.67. The standard InChI is InChI=1S/C27H22O2P2.C6H14/c1-18-10-14-21(15-11-18)31-29-25-17-13-20-7-3-5-9-23(20)27(25)26-22-8-4-2-6-19(22)12-16-24(26)28-30;1-3-5-6-4-2/h2-17,31H,30H2,1H3;3-6H2,1-2H3. The predicted molar refractivity (Wildman–Crippen MR) is 167 cm³/mol. The molecule has 4 heteroatoms. The molecule has 0 aliphatic heterocycles. The fourth-order valence-electron chi connectivity index (χ4n) is 4.44. The maximum absolute atomic E-state index is 6.44. The van der Waals surface area contributed by atoms with Gasteiger partial charge in [-0.2, -0.15) is 0 Å². The van der Waals surface area contributed by atoms with E-state index in [2.05, 4.69) is 121 Å². The van der Waals surface area contributed by atoms with E-state index in [9.17, 15) is 0 Å². The largest absolute Gasteiger partial charge is 0.480 e. The molecule has 2 nitrogen and oxygen atoms in total. The van der Waals surface area contributed by atoms with Gasteiger partial charge in [-0.15, -0.1) is 0 Å². The van der Waals surface area contributed by atoms with Gasteiger partial charge in [0.2, 0.25) is 0 Å². The Labute approximate surface area is 225 Å². The first-order valence-electron chi connectivity index (χ1n) is 13.1. The molecule has 0 aliphatic carbocycles. The molecule has 5 aromatic carbocycles. The van der Waals surface area contributed by atoms with Crippen LogP contribution in [0.3, 0.4) is 0 Å². The van der Waals surface area contributed by atoms with Crippen LogP contribution in [0.15, 0.2) is 97.1 Å². The lowest BCUT2D eigenvalue weighted by atomic mass is 9.92. The van der Waals surface area contributed by atoms with Crippen LogP contribution in [-0.2, 0) is 0 Å². The van der Waals surface area contributed by atoms with Crippen molar-refractivity contribution in [2.45, 2.75) is 46.5 Å². The molecule has 2 atom stereocenters. The van der Waals surface area contributed by atoms with Crippen LogP contribution in [0.4, 0.5) is 0 Å². The van der Waals surface area contributed by atoms with Crippen molar-refractivity contribution in [3.05, 3.63) is 103 Å². The highest BCUT2D eigenvalue weighted by Gasteiger charge is 2.18. The second-order valence-electron chi connectivity index (χ2n) is 9.21. The number of hydrogen-bond acceptors (Lipinski definition) is 2. The highest BCUT2D eigenvalue weighted by atomic mass is 31.1. The summed E-state index contributed by atoms with van der Waals surface area (Å²) < 4.78 is 12.2. The van der Waals surface area contributed by atoms with E-state index in [1.807, 2.05) is 6.07 Å². The zero-order valence-corrected chi connectivity index (χ0v) is 24.1. The first-order valence-corrected chi connectivity index (χ1v) is 14.4. The van der Waals surface area contributed by atoms with E-state index in [4.69, 9.17) is 9.05 Å². The van der Waals surface area contributed by atoms with Crippen molar-refractivity contribution in [2.24, 2.45) is 0 Å². The van der Waals surface area contributed by atoms with E-state index in [1.165, 1.54) is 47.3 Å². The Bertz CT molecular complexity index is 1440. The molecule has 190 valence electrons. The summed E-state index contributed by atoms with van der Waals surface area (Å²) in [5, 5.41) is 5.80. The third-order valence-electron chi connectivity index (χ3n) is 6.45. The number of rotatable bonds is 8. The van der Waals surface area contributed by atoms with Gasteiger partial charge in [0, 0.05) is 16.4 Å². The fourth-order valence-corrected chi connectivity index (χ4v) is 5.33. The highest BCUT2D eigenvalue weighted by Crippen LogP contribution is 2.46. The second-order valence-corrected chi connectivity index (χ2v) is 10.4. The van der Waals surface area contributed by atoms with Crippen LogP contribution < -0.4 is 14.4 Å². The Balaban J connectivity index is 0.000000480. The summed E-state index contributed by atoms with van der Waals surface area (Å²) in [6.45, 7) is 6.56. The Morgan fingerprint density at radius 1 is 0.622 bits per heavy atom. The van der Waals surface area contributed by atoms with Gasteiger partial charge < -0.3 is 9.05 Å². The summed E-state index contributed by atoms with van der Waals surface area (Å²) in [4.78, 5) is 0. The van der Waals surface area contributed by atoms with Crippen LogP contribution in [0.5, 0.6) is 11.5 Å². The van der Waals surface area contributed by atoms with Gasteiger partial charge in [-0.3, -0.25) is 0 Å². The van der Waals surface area contributed by atoms with Crippen LogP contribution in [0.25, 0.3) is 32.7 Å². The lowest BCUT2D eigenvalue weighted by Crippen LogP contribution is -1.98. The molecule has 0 saturated heterocycles. The van der Waals surface area contributed by atoms with E-state index < -0.39 is 0 Å². The predicted octanol–water partition coefficient (Wildman–Crippen LogP) is 10.0. The van der Waals surface area contributed by atoms with Crippen molar-refractivity contribution in [3.8, 4) is 22.6 Å². The molecule has 0 bridgehead atoms. The third kappa shape index (κ3) is 6.70. The summed E-state index contributed by atoms with van der Waals surface area (Å²) in [6.07, 6.45) is 5.54. The van der Waals surface area contributed by atoms with E-state index in [-0.39, 0.29) is 8.81 Å². The minimum Gasteiger partial charge on any atom is -0.480 e. The smallest absolute Gasteiger partial charge is 0.132 e. The summed E-state index contributed by atoms with van der Waals surface area (Å²) in [7, 11) is 2.61. The molecule has 0 saturated carbocycles. The minimum absolute atomic E-state index is 0.219. The van der Waals surface area contributed by atoms with E-state index in [0.717, 1.165) is 33.4 Å². The van der Waals surface area contributed by atoms with Gasteiger partial charge in [-0.1, -0.05) is 130 Å². The number of benzene rings is 5. The average molecular weight is 527 g/mol. The minimum atomic E-state index is 0.219. The molecule has 0 heterocycles. The lowest BCUT2D eigenvalue weighted by Gasteiger charge is -2.18. The molecule has 0 spiro atoms. The van der Waals surface area contributed by atoms with Crippen LogP contribution >= 0.6 is 18.3 Å². The average Bonchev–Trinajstić information content (AvgIpc) is 2.95. The Kier molecular flexibility index (Phi) is 9.95. The summed E-state index contributed by atoms with van der Waals surface area (Å²) >= 11 is 0. The molecule has 5 aromatic rings. The van der Waals surface area contributed by atoms with Crippen LogP contribution in [0, 0.1) is 6.92 Å². The van der Waals surface area contributed by atoms with Gasteiger partial charge in [0.1, 0.15) is 20.3 Å². The first kappa shape index (κ1) is 27.1. The van der Waals surface area contributed by atoms with Crippen molar-refractivity contribution < 1.29 is 9.05 Å². The molecule has 0 radical (unpaired) electrons. The van der Waals surface area contributed by atoms with E-state index >= 15 is 0 Å². The summed E-state index contributed by atoms with van der Waals surface area (Å²) in [6, 6.07) is 33.7. The SMILES string of the molecule is CCCCCC.Cc1ccc(POc2ccc3ccccc3c2-c2c(OP)ccc3ccccc23)cc1. The molecule has 37 heavy (non-hydrogen) atoms. The van der Waals surface area contributed by atoms with Crippen molar-refractivity contribution in [1.29, 1.82) is 0 Å². The van der Waals surface area contributed by atoms with Crippen LogP contribution in [0.2, 0.25) is 0 Å². The van der Waals surface area contributed by atoms with Gasteiger partial charge in [-0.05, 0) is 40.6 Å². The number of aryl methyl sites for hydroxylation is 1. The van der Waals surface area contributed by atoms with Gasteiger partial charge in [0.25, 0.3) is 0 Å². The zero-order chi connectivity index (χ0) is 26.0. The van der Waals surface area contributed by atoms with Gasteiger partial charge in [0.15, 0.2) is 0 Å². The topological polar surface area (TPSA) is 18.5 Å². The lowest BCUT2D eigenvalue weighted by molar-refractivity contribution is 0.635. The Morgan fingerprint density at radius 2 is 1.14 bits per heavy atom. The quantitative estimate of drug-likeness (QED) is 0.148. The molecule has 5 rings (SSSR count). The third-order valence-corrected chi connectivity index (χ3v) is 7.59. The van der Waals surface area contributed by atoms with Crippen molar-refractivity contribution in [2.75, 3.05) is 0 Å². The Hall–Kier alpha value is -2.92. The fraction of sp³-hybridized carbons (Fsp3) is 0.212. The van der Waals surface area contributed by atoms with Gasteiger partial charge in [0.05, 0.1) is 9.47 Å². The number of hydrogen-bond donors (Lipinski definition) is 0. The molecular formula is C33H36O2P2. The monoisotopic (exact) mass is 526 g/mol. The molecular weight excluding hydrogens is 490 g/mol. The first-order chi connectivity index (χ1) is 18.2. The van der Waals surface area contributed by atoms with Crippen molar-refractivity contribution >= 4 is 45.1 Å². The molecule has 0 N–H and O–H groups in total. The molecule has 0 aliphatic rings. The molecule has 0 fully saturated rings. The number of fused-ring (bicyclic) bond motifs is 2. The molecule has 2 unspecified atom stereocenters. The van der Waals surface area contributed by atoms with Crippen molar-refractivity contribution in [1.82, 2.24) is 0 Å². The second kappa shape index (κ2) is 13.6. The van der Waals surface area contributed by atoms with Crippen LogP contribution in [-0.4, -0.2) is 0 Å². The number of unbranched alkanes of at least 4 members (excludes halogenated alkanes) is 3. The Morgan fingerprint density at radius 3 is 1.68 bits per heavy atom. The maximum atomic E-state index is 6.44. The summed E-state index contributed by atoms with van der Waals surface area (Å²) in [5.41, 5.74) is 3.36. The van der Waals surface area contributed by atoms with E-state index in [1.54, 1.807) is 0 Å². The van der Waals surface area contributed by atoms with Gasteiger partial charge in [-0.25, -0.2) is 0 Å². The zero-order valence-electron chi connectivity index (χ0n) is 22.0. The van der Waals surface area contributed by atoms with Gasteiger partial charge >= 0.3 is 0 Å². The molecule has 0 aromatic heterocycles. The van der Waals surface area contributed by atoms with Crippen molar-refractivity contribution in [3.63, 3.8) is 0 Å².